The summed E-state index contributed by atoms with van der Waals surface area (Å²) >= 11 is 6.60. The van der Waals surface area contributed by atoms with Crippen LogP contribution in [0.3, 0.4) is 0 Å². The molecule has 0 saturated carbocycles. The molecule has 2 amide bonds. The molecule has 0 atom stereocenters. The fourth-order valence-corrected chi connectivity index (χ4v) is 4.21. The highest BCUT2D eigenvalue weighted by molar-refractivity contribution is 7.19. The first-order valence-electron chi connectivity index (χ1n) is 9.39. The molecule has 6 nitrogen and oxygen atoms in total. The number of thiophene rings is 1. The van der Waals surface area contributed by atoms with Gasteiger partial charge in [0.15, 0.2) is 0 Å². The first kappa shape index (κ1) is 25.2. The van der Waals surface area contributed by atoms with Crippen molar-refractivity contribution in [1.82, 2.24) is 0 Å². The van der Waals surface area contributed by atoms with Crippen molar-refractivity contribution in [2.45, 2.75) is 13.1 Å². The summed E-state index contributed by atoms with van der Waals surface area (Å²) in [5.41, 5.74) is -1.68. The third kappa shape index (κ3) is 5.20. The number of rotatable bonds is 5. The molecule has 178 valence electrons. The molecule has 0 aliphatic rings. The van der Waals surface area contributed by atoms with Gasteiger partial charge in [-0.05, 0) is 42.8 Å². The second kappa shape index (κ2) is 9.82. The summed E-state index contributed by atoms with van der Waals surface area (Å²) in [7, 11) is 1.09. The van der Waals surface area contributed by atoms with Crippen LogP contribution < -0.4 is 10.6 Å². The van der Waals surface area contributed by atoms with Gasteiger partial charge in [0, 0.05) is 0 Å². The Morgan fingerprint density at radius 3 is 2.32 bits per heavy atom. The number of alkyl halides is 3. The van der Waals surface area contributed by atoms with E-state index >= 15 is 0 Å². The van der Waals surface area contributed by atoms with Gasteiger partial charge < -0.3 is 15.4 Å². The number of esters is 1. The second-order valence-electron chi connectivity index (χ2n) is 6.83. The van der Waals surface area contributed by atoms with Crippen LogP contribution in [-0.2, 0) is 10.9 Å². The predicted octanol–water partition coefficient (Wildman–Crippen LogP) is 6.16. The SMILES string of the molecule is COC(=O)c1c(NC(=O)c2ccccc2F)sc(C(=O)Nc2cc(C(F)(F)F)ccc2Cl)c1C. The number of hydrogen-bond acceptors (Lipinski definition) is 5. The summed E-state index contributed by atoms with van der Waals surface area (Å²) < 4.78 is 57.8. The minimum absolute atomic E-state index is 0.0984. The van der Waals surface area contributed by atoms with E-state index < -0.39 is 35.3 Å². The van der Waals surface area contributed by atoms with Crippen molar-refractivity contribution in [3.63, 3.8) is 0 Å². The van der Waals surface area contributed by atoms with Gasteiger partial charge in [-0.25, -0.2) is 9.18 Å². The third-order valence-corrected chi connectivity index (χ3v) is 6.17. The number of anilines is 2. The van der Waals surface area contributed by atoms with Crippen molar-refractivity contribution >= 4 is 51.4 Å². The molecule has 0 unspecified atom stereocenters. The van der Waals surface area contributed by atoms with Crippen LogP contribution in [0.1, 0.15) is 41.5 Å². The quantitative estimate of drug-likeness (QED) is 0.315. The van der Waals surface area contributed by atoms with E-state index in [1.165, 1.54) is 25.1 Å². The summed E-state index contributed by atoms with van der Waals surface area (Å²) in [6, 6.07) is 7.56. The average Bonchev–Trinajstić information content (AvgIpc) is 3.09. The van der Waals surface area contributed by atoms with Crippen molar-refractivity contribution in [2.75, 3.05) is 17.7 Å². The number of ether oxygens (including phenoxy) is 1. The second-order valence-corrected chi connectivity index (χ2v) is 8.26. The molecule has 1 aromatic heterocycles. The zero-order valence-electron chi connectivity index (χ0n) is 17.5. The molecule has 0 aliphatic heterocycles. The lowest BCUT2D eigenvalue weighted by molar-refractivity contribution is -0.137. The zero-order chi connectivity index (χ0) is 25.2. The number of carbonyl (C=O) groups excluding carboxylic acids is 3. The van der Waals surface area contributed by atoms with Crippen LogP contribution in [-0.4, -0.2) is 24.9 Å². The van der Waals surface area contributed by atoms with E-state index in [9.17, 15) is 31.9 Å². The number of amides is 2. The molecule has 12 heteroatoms. The molecule has 0 fully saturated rings. The summed E-state index contributed by atoms with van der Waals surface area (Å²) in [5, 5.41) is 4.43. The fraction of sp³-hybridized carbons (Fsp3) is 0.136. The smallest absolute Gasteiger partial charge is 0.416 e. The lowest BCUT2D eigenvalue weighted by Crippen LogP contribution is -2.15. The molecule has 2 aromatic carbocycles. The minimum Gasteiger partial charge on any atom is -0.465 e. The van der Waals surface area contributed by atoms with Gasteiger partial charge in [-0.15, -0.1) is 11.3 Å². The monoisotopic (exact) mass is 514 g/mol. The first-order chi connectivity index (χ1) is 15.9. The predicted molar refractivity (Wildman–Crippen MR) is 119 cm³/mol. The summed E-state index contributed by atoms with van der Waals surface area (Å²) in [6.07, 6.45) is -4.66. The van der Waals surface area contributed by atoms with E-state index in [0.717, 1.165) is 25.3 Å². The molecular formula is C22H15ClF4N2O4S. The van der Waals surface area contributed by atoms with Crippen LogP contribution in [0.2, 0.25) is 5.02 Å². The van der Waals surface area contributed by atoms with Crippen molar-refractivity contribution in [2.24, 2.45) is 0 Å². The summed E-state index contributed by atoms with van der Waals surface area (Å²) in [5.74, 6) is -3.43. The highest BCUT2D eigenvalue weighted by Crippen LogP contribution is 2.37. The minimum atomic E-state index is -4.66. The normalized spacial score (nSPS) is 11.1. The molecule has 0 bridgehead atoms. The van der Waals surface area contributed by atoms with Crippen LogP contribution >= 0.6 is 22.9 Å². The van der Waals surface area contributed by atoms with Gasteiger partial charge in [-0.1, -0.05) is 23.7 Å². The maximum Gasteiger partial charge on any atom is 0.416 e. The Bertz CT molecular complexity index is 1290. The number of nitrogens with one attached hydrogen (secondary N) is 2. The summed E-state index contributed by atoms with van der Waals surface area (Å²) in [4.78, 5) is 37.6. The molecule has 0 radical (unpaired) electrons. The van der Waals surface area contributed by atoms with Crippen LogP contribution in [0.5, 0.6) is 0 Å². The molecule has 0 spiro atoms. The van der Waals surface area contributed by atoms with E-state index in [1.807, 2.05) is 0 Å². The van der Waals surface area contributed by atoms with E-state index in [-0.39, 0.29) is 37.3 Å². The highest BCUT2D eigenvalue weighted by atomic mass is 35.5. The topological polar surface area (TPSA) is 84.5 Å². The standard InChI is InChI=1S/C22H15ClF4N2O4S/c1-10-16(21(32)33-2)20(29-18(30)12-5-3-4-6-14(12)24)34-17(10)19(31)28-15-9-11(22(25,26)27)7-8-13(15)23/h3-9H,1-2H3,(H,28,31)(H,29,30). The Morgan fingerprint density at radius 2 is 1.71 bits per heavy atom. The van der Waals surface area contributed by atoms with Gasteiger partial charge in [0.1, 0.15) is 10.8 Å². The lowest BCUT2D eigenvalue weighted by Gasteiger charge is -2.11. The molecule has 0 aliphatic carbocycles. The van der Waals surface area contributed by atoms with Gasteiger partial charge >= 0.3 is 12.1 Å². The average molecular weight is 515 g/mol. The zero-order valence-corrected chi connectivity index (χ0v) is 19.0. The van der Waals surface area contributed by atoms with E-state index in [1.54, 1.807) is 0 Å². The Labute approximate surface area is 199 Å². The lowest BCUT2D eigenvalue weighted by atomic mass is 10.1. The van der Waals surface area contributed by atoms with Gasteiger partial charge in [0.25, 0.3) is 11.8 Å². The maximum atomic E-state index is 14.0. The number of carbonyl (C=O) groups is 3. The number of hydrogen-bond donors (Lipinski definition) is 2. The molecule has 34 heavy (non-hydrogen) atoms. The van der Waals surface area contributed by atoms with E-state index in [4.69, 9.17) is 16.3 Å². The van der Waals surface area contributed by atoms with Gasteiger partial charge in [-0.2, -0.15) is 13.2 Å². The molecule has 1 heterocycles. The Hall–Kier alpha value is -3.44. The Kier molecular flexibility index (Phi) is 7.27. The number of methoxy groups -OCH3 is 1. The molecular weight excluding hydrogens is 500 g/mol. The van der Waals surface area contributed by atoms with E-state index in [0.29, 0.717) is 17.4 Å². The summed E-state index contributed by atoms with van der Waals surface area (Å²) in [6.45, 7) is 1.39. The van der Waals surface area contributed by atoms with Crippen LogP contribution in [0.15, 0.2) is 42.5 Å². The molecule has 3 rings (SSSR count). The van der Waals surface area contributed by atoms with Gasteiger partial charge in [-0.3, -0.25) is 9.59 Å². The van der Waals surface area contributed by atoms with Gasteiger partial charge in [0.05, 0.1) is 39.4 Å². The number of halogens is 5. The van der Waals surface area contributed by atoms with Crippen molar-refractivity contribution in [3.8, 4) is 0 Å². The molecule has 3 aromatic rings. The third-order valence-electron chi connectivity index (χ3n) is 4.63. The van der Waals surface area contributed by atoms with Gasteiger partial charge in [0.2, 0.25) is 0 Å². The Morgan fingerprint density at radius 1 is 1.03 bits per heavy atom. The van der Waals surface area contributed by atoms with Crippen LogP contribution in [0.4, 0.5) is 28.3 Å². The number of benzene rings is 2. The van der Waals surface area contributed by atoms with E-state index in [2.05, 4.69) is 10.6 Å². The fourth-order valence-electron chi connectivity index (χ4n) is 2.96. The highest BCUT2D eigenvalue weighted by Gasteiger charge is 2.32. The molecule has 0 saturated heterocycles. The van der Waals surface area contributed by atoms with Crippen LogP contribution in [0, 0.1) is 12.7 Å². The largest absolute Gasteiger partial charge is 0.465 e. The Balaban J connectivity index is 1.97. The van der Waals surface area contributed by atoms with Crippen molar-refractivity contribution in [1.29, 1.82) is 0 Å². The first-order valence-corrected chi connectivity index (χ1v) is 10.6. The molecule has 2 N–H and O–H groups in total. The maximum absolute atomic E-state index is 14.0. The van der Waals surface area contributed by atoms with Crippen LogP contribution in [0.25, 0.3) is 0 Å². The van der Waals surface area contributed by atoms with Crippen molar-refractivity contribution < 1.29 is 36.7 Å². The van der Waals surface area contributed by atoms with Crippen molar-refractivity contribution in [3.05, 3.63) is 80.4 Å².